The van der Waals surface area contributed by atoms with Gasteiger partial charge in [-0.25, -0.2) is 4.79 Å². The van der Waals surface area contributed by atoms with Crippen LogP contribution in [0.2, 0.25) is 0 Å². The van der Waals surface area contributed by atoms with Crippen LogP contribution in [0.3, 0.4) is 0 Å². The summed E-state index contributed by atoms with van der Waals surface area (Å²) >= 11 is 0. The third kappa shape index (κ3) is 4.64. The number of hydrogen-bond donors (Lipinski definition) is 0. The molecule has 0 aromatic heterocycles. The van der Waals surface area contributed by atoms with Crippen molar-refractivity contribution in [2.75, 3.05) is 0 Å². The quantitative estimate of drug-likeness (QED) is 0.800. The molecule has 4 heteroatoms. The van der Waals surface area contributed by atoms with Crippen LogP contribution in [0.5, 0.6) is 0 Å². The van der Waals surface area contributed by atoms with E-state index < -0.39 is 0 Å². The van der Waals surface area contributed by atoms with E-state index in [1.54, 1.807) is 0 Å². The van der Waals surface area contributed by atoms with Crippen LogP contribution in [-0.2, 0) is 20.7 Å². The van der Waals surface area contributed by atoms with Crippen molar-refractivity contribution >= 4 is 12.1 Å². The van der Waals surface area contributed by atoms with Gasteiger partial charge in [-0.3, -0.25) is 0 Å². The first kappa shape index (κ1) is 19.3. The first-order valence-corrected chi connectivity index (χ1v) is 7.50. The topological polar surface area (TPSA) is 60.4 Å². The standard InChI is InChI=1S/C18H18O2.CO2.CH4/c1-13-15-9-5-6-10-16(15)18(19)20-17(13)12-11-14-7-3-2-4-8-14;2-1-3;/h2-10,13,17H,11-12H2,1H3;;1H4/t13-,17+;;/m1../s1. The zero-order valence-electron chi connectivity index (χ0n) is 12.9. The molecule has 0 fully saturated rings. The molecule has 0 saturated carbocycles. The molecule has 3 rings (SSSR count). The fourth-order valence-corrected chi connectivity index (χ4v) is 2.85. The maximum atomic E-state index is 12.0. The fourth-order valence-electron chi connectivity index (χ4n) is 2.85. The molecule has 1 aliphatic heterocycles. The molecule has 0 amide bonds. The fraction of sp³-hybridized carbons (Fsp3) is 0.300. The summed E-state index contributed by atoms with van der Waals surface area (Å²) in [7, 11) is 0. The monoisotopic (exact) mass is 326 g/mol. The number of carbonyl (C=O) groups excluding carboxylic acids is 3. The third-order valence-corrected chi connectivity index (χ3v) is 4.05. The van der Waals surface area contributed by atoms with E-state index in [0.717, 1.165) is 24.0 Å². The molecule has 2 aromatic carbocycles. The molecule has 24 heavy (non-hydrogen) atoms. The second-order valence-corrected chi connectivity index (χ2v) is 5.43. The highest BCUT2D eigenvalue weighted by Crippen LogP contribution is 2.33. The summed E-state index contributed by atoms with van der Waals surface area (Å²) in [6.45, 7) is 2.14. The normalized spacial score (nSPS) is 18.0. The van der Waals surface area contributed by atoms with Crippen molar-refractivity contribution in [1.29, 1.82) is 0 Å². The minimum absolute atomic E-state index is 0. The van der Waals surface area contributed by atoms with Crippen molar-refractivity contribution < 1.29 is 19.1 Å². The second-order valence-electron chi connectivity index (χ2n) is 5.43. The number of carbonyl (C=O) groups is 1. The Labute approximate surface area is 142 Å². The Hall–Kier alpha value is -2.71. The number of cyclic esters (lactones) is 1. The van der Waals surface area contributed by atoms with Crippen molar-refractivity contribution in [3.63, 3.8) is 0 Å². The van der Waals surface area contributed by atoms with Gasteiger partial charge in [0.2, 0.25) is 0 Å². The van der Waals surface area contributed by atoms with Crippen LogP contribution in [0, 0.1) is 0 Å². The minimum Gasteiger partial charge on any atom is -0.458 e. The average Bonchev–Trinajstić information content (AvgIpc) is 2.58. The lowest BCUT2D eigenvalue weighted by atomic mass is 9.86. The van der Waals surface area contributed by atoms with Gasteiger partial charge in [-0.15, -0.1) is 0 Å². The van der Waals surface area contributed by atoms with Gasteiger partial charge in [0.25, 0.3) is 0 Å². The SMILES string of the molecule is C.C[C@@H]1c2ccccc2C(=O)O[C@H]1CCc1ccccc1.O=C=O. The molecule has 0 unspecified atom stereocenters. The molecule has 0 spiro atoms. The van der Waals surface area contributed by atoms with Crippen LogP contribution in [-0.4, -0.2) is 18.2 Å². The molecule has 126 valence electrons. The lowest BCUT2D eigenvalue weighted by Crippen LogP contribution is -2.31. The highest BCUT2D eigenvalue weighted by atomic mass is 16.5. The lowest BCUT2D eigenvalue weighted by Gasteiger charge is -2.30. The molecule has 0 bridgehead atoms. The molecule has 1 aliphatic rings. The van der Waals surface area contributed by atoms with E-state index in [4.69, 9.17) is 14.3 Å². The maximum Gasteiger partial charge on any atom is 0.373 e. The van der Waals surface area contributed by atoms with Gasteiger partial charge in [0.1, 0.15) is 6.10 Å². The van der Waals surface area contributed by atoms with Crippen LogP contribution in [0.4, 0.5) is 0 Å². The van der Waals surface area contributed by atoms with E-state index in [0.29, 0.717) is 0 Å². The molecule has 0 N–H and O–H groups in total. The van der Waals surface area contributed by atoms with Gasteiger partial charge in [-0.2, -0.15) is 9.59 Å². The number of rotatable bonds is 3. The number of esters is 1. The van der Waals surface area contributed by atoms with Crippen LogP contribution in [0.1, 0.15) is 48.2 Å². The summed E-state index contributed by atoms with van der Waals surface area (Å²) in [5.41, 5.74) is 3.12. The molecule has 4 nitrogen and oxygen atoms in total. The van der Waals surface area contributed by atoms with Gasteiger partial charge >= 0.3 is 12.1 Å². The molecular weight excluding hydrogens is 304 g/mol. The summed E-state index contributed by atoms with van der Waals surface area (Å²) in [5.74, 6) is 0.0735. The summed E-state index contributed by atoms with van der Waals surface area (Å²) in [6, 6.07) is 18.1. The molecule has 1 heterocycles. The summed E-state index contributed by atoms with van der Waals surface area (Å²) < 4.78 is 5.61. The summed E-state index contributed by atoms with van der Waals surface area (Å²) in [5, 5.41) is 0. The van der Waals surface area contributed by atoms with Crippen molar-refractivity contribution in [3.05, 3.63) is 71.3 Å². The van der Waals surface area contributed by atoms with E-state index >= 15 is 0 Å². The summed E-state index contributed by atoms with van der Waals surface area (Å²) in [6.07, 6.45) is 2.02. The van der Waals surface area contributed by atoms with Crippen LogP contribution in [0.15, 0.2) is 54.6 Å². The predicted octanol–water partition coefficient (Wildman–Crippen LogP) is 4.01. The number of benzene rings is 2. The van der Waals surface area contributed by atoms with Gasteiger partial charge in [0, 0.05) is 5.92 Å². The zero-order valence-corrected chi connectivity index (χ0v) is 12.9. The first-order chi connectivity index (χ1) is 11.2. The minimum atomic E-state index is -0.184. The van der Waals surface area contributed by atoms with Crippen molar-refractivity contribution in [3.8, 4) is 0 Å². The van der Waals surface area contributed by atoms with E-state index in [2.05, 4.69) is 19.1 Å². The number of ether oxygens (including phenoxy) is 1. The van der Waals surface area contributed by atoms with E-state index in [1.807, 2.05) is 42.5 Å². The highest BCUT2D eigenvalue weighted by Gasteiger charge is 2.31. The van der Waals surface area contributed by atoms with Gasteiger partial charge in [0.05, 0.1) is 5.56 Å². The Morgan fingerprint density at radius 3 is 2.25 bits per heavy atom. The van der Waals surface area contributed by atoms with Crippen molar-refractivity contribution in [2.45, 2.75) is 39.2 Å². The van der Waals surface area contributed by atoms with Crippen LogP contribution in [0.25, 0.3) is 0 Å². The van der Waals surface area contributed by atoms with E-state index in [-0.39, 0.29) is 31.6 Å². The highest BCUT2D eigenvalue weighted by molar-refractivity contribution is 5.92. The van der Waals surface area contributed by atoms with Gasteiger partial charge < -0.3 is 4.74 Å². The smallest absolute Gasteiger partial charge is 0.373 e. The number of hydrogen-bond acceptors (Lipinski definition) is 4. The van der Waals surface area contributed by atoms with Gasteiger partial charge in [0.15, 0.2) is 0 Å². The Bertz CT molecular complexity index is 688. The molecule has 2 atom stereocenters. The number of fused-ring (bicyclic) bond motifs is 1. The van der Waals surface area contributed by atoms with E-state index in [9.17, 15) is 4.79 Å². The molecule has 0 radical (unpaired) electrons. The Kier molecular flexibility index (Phi) is 7.60. The zero-order chi connectivity index (χ0) is 16.7. The Morgan fingerprint density at radius 2 is 1.58 bits per heavy atom. The average molecular weight is 326 g/mol. The molecule has 2 aromatic rings. The summed E-state index contributed by atoms with van der Waals surface area (Å²) in [4.78, 5) is 28.3. The lowest BCUT2D eigenvalue weighted by molar-refractivity contribution is -0.191. The maximum absolute atomic E-state index is 12.0. The predicted molar refractivity (Wildman–Crippen MR) is 90.6 cm³/mol. The molecule has 0 aliphatic carbocycles. The van der Waals surface area contributed by atoms with Crippen molar-refractivity contribution in [2.24, 2.45) is 0 Å². The van der Waals surface area contributed by atoms with Crippen LogP contribution >= 0.6 is 0 Å². The Balaban J connectivity index is 0.000000671. The van der Waals surface area contributed by atoms with Crippen LogP contribution < -0.4 is 0 Å². The van der Waals surface area contributed by atoms with Crippen molar-refractivity contribution in [1.82, 2.24) is 0 Å². The third-order valence-electron chi connectivity index (χ3n) is 4.05. The van der Waals surface area contributed by atoms with Gasteiger partial charge in [-0.05, 0) is 30.0 Å². The largest absolute Gasteiger partial charge is 0.458 e. The molecule has 0 saturated heterocycles. The van der Waals surface area contributed by atoms with E-state index in [1.165, 1.54) is 5.56 Å². The second kappa shape index (κ2) is 9.43. The molecular formula is C20H22O4. The van der Waals surface area contributed by atoms with Gasteiger partial charge in [-0.1, -0.05) is 62.9 Å². The number of aryl methyl sites for hydroxylation is 1. The Morgan fingerprint density at radius 1 is 1.00 bits per heavy atom. The first-order valence-electron chi connectivity index (χ1n) is 7.50.